The maximum atomic E-state index is 5.91. The molecule has 1 aliphatic carbocycles. The topological polar surface area (TPSA) is 21.3 Å². The van der Waals surface area contributed by atoms with Crippen molar-refractivity contribution < 1.29 is 4.74 Å². The molecule has 78 valence electrons. The Morgan fingerprint density at radius 3 is 2.87 bits per heavy atom. The SMILES string of the molecule is C1=C2CNC[C@H]2C[C@@H]1Oc1ccccc1. The summed E-state index contributed by atoms with van der Waals surface area (Å²) >= 11 is 0. The van der Waals surface area contributed by atoms with Crippen LogP contribution in [0.3, 0.4) is 0 Å². The first-order chi connectivity index (χ1) is 7.42. The lowest BCUT2D eigenvalue weighted by atomic mass is 10.1. The van der Waals surface area contributed by atoms with Gasteiger partial charge in [0.05, 0.1) is 0 Å². The molecule has 0 aromatic heterocycles. The van der Waals surface area contributed by atoms with Gasteiger partial charge in [-0.2, -0.15) is 0 Å². The van der Waals surface area contributed by atoms with Crippen LogP contribution in [0.1, 0.15) is 6.42 Å². The summed E-state index contributed by atoms with van der Waals surface area (Å²) in [5.41, 5.74) is 1.54. The minimum atomic E-state index is 0.287. The van der Waals surface area contributed by atoms with Gasteiger partial charge in [-0.3, -0.25) is 0 Å². The Labute approximate surface area is 89.9 Å². The van der Waals surface area contributed by atoms with Crippen LogP contribution in [0.25, 0.3) is 0 Å². The molecule has 0 radical (unpaired) electrons. The average Bonchev–Trinajstić information content (AvgIpc) is 2.79. The third kappa shape index (κ3) is 1.77. The zero-order valence-corrected chi connectivity index (χ0v) is 8.65. The van der Waals surface area contributed by atoms with E-state index in [0.717, 1.165) is 31.2 Å². The van der Waals surface area contributed by atoms with Crippen LogP contribution < -0.4 is 10.1 Å². The number of ether oxygens (including phenoxy) is 1. The van der Waals surface area contributed by atoms with Crippen LogP contribution >= 0.6 is 0 Å². The van der Waals surface area contributed by atoms with Gasteiger partial charge in [0.1, 0.15) is 11.9 Å². The smallest absolute Gasteiger partial charge is 0.120 e. The fourth-order valence-corrected chi connectivity index (χ4v) is 2.44. The van der Waals surface area contributed by atoms with Crippen LogP contribution in [0.15, 0.2) is 42.0 Å². The average molecular weight is 201 g/mol. The molecule has 2 aliphatic rings. The number of hydrogen-bond acceptors (Lipinski definition) is 2. The molecule has 3 rings (SSSR count). The van der Waals surface area contributed by atoms with Crippen molar-refractivity contribution in [2.45, 2.75) is 12.5 Å². The quantitative estimate of drug-likeness (QED) is 0.739. The van der Waals surface area contributed by atoms with Crippen molar-refractivity contribution in [2.75, 3.05) is 13.1 Å². The van der Waals surface area contributed by atoms with Gasteiger partial charge < -0.3 is 10.1 Å². The lowest BCUT2D eigenvalue weighted by Crippen LogP contribution is -2.16. The van der Waals surface area contributed by atoms with E-state index in [2.05, 4.69) is 11.4 Å². The Hall–Kier alpha value is -1.28. The lowest BCUT2D eigenvalue weighted by molar-refractivity contribution is 0.236. The first-order valence-corrected chi connectivity index (χ1v) is 5.55. The first kappa shape index (κ1) is 8.98. The summed E-state index contributed by atoms with van der Waals surface area (Å²) < 4.78 is 5.91. The monoisotopic (exact) mass is 201 g/mol. The number of nitrogens with one attached hydrogen (secondary N) is 1. The molecule has 2 heteroatoms. The Morgan fingerprint density at radius 2 is 2.07 bits per heavy atom. The van der Waals surface area contributed by atoms with Crippen LogP contribution in [-0.4, -0.2) is 19.2 Å². The normalized spacial score (nSPS) is 28.7. The van der Waals surface area contributed by atoms with Crippen molar-refractivity contribution in [1.29, 1.82) is 0 Å². The molecule has 0 saturated carbocycles. The van der Waals surface area contributed by atoms with Gasteiger partial charge >= 0.3 is 0 Å². The summed E-state index contributed by atoms with van der Waals surface area (Å²) in [5.74, 6) is 1.70. The molecule has 1 N–H and O–H groups in total. The maximum absolute atomic E-state index is 5.91. The summed E-state index contributed by atoms with van der Waals surface area (Å²) in [6.07, 6.45) is 3.71. The third-order valence-corrected chi connectivity index (χ3v) is 3.19. The van der Waals surface area contributed by atoms with Gasteiger partial charge in [0.15, 0.2) is 0 Å². The minimum Gasteiger partial charge on any atom is -0.486 e. The second kappa shape index (κ2) is 3.70. The van der Waals surface area contributed by atoms with Gasteiger partial charge in [0.25, 0.3) is 0 Å². The summed E-state index contributed by atoms with van der Waals surface area (Å²) in [6, 6.07) is 10.1. The highest BCUT2D eigenvalue weighted by molar-refractivity contribution is 5.26. The Kier molecular flexibility index (Phi) is 2.22. The van der Waals surface area contributed by atoms with E-state index in [-0.39, 0.29) is 6.10 Å². The molecule has 1 saturated heterocycles. The van der Waals surface area contributed by atoms with Gasteiger partial charge in [-0.05, 0) is 30.5 Å². The highest BCUT2D eigenvalue weighted by atomic mass is 16.5. The molecule has 15 heavy (non-hydrogen) atoms. The summed E-state index contributed by atoms with van der Waals surface area (Å²) in [6.45, 7) is 2.18. The Balaban J connectivity index is 1.69. The molecule has 1 aromatic rings. The van der Waals surface area contributed by atoms with Gasteiger partial charge in [0.2, 0.25) is 0 Å². The molecule has 1 fully saturated rings. The van der Waals surface area contributed by atoms with Gasteiger partial charge in [-0.25, -0.2) is 0 Å². The van der Waals surface area contributed by atoms with Gasteiger partial charge in [-0.15, -0.1) is 0 Å². The second-order valence-electron chi connectivity index (χ2n) is 4.27. The molecule has 0 amide bonds. The zero-order chi connectivity index (χ0) is 10.1. The summed E-state index contributed by atoms with van der Waals surface area (Å²) in [5, 5.41) is 3.38. The van der Waals surface area contributed by atoms with Crippen LogP contribution in [0, 0.1) is 5.92 Å². The molecule has 0 bridgehead atoms. The number of hydrogen-bond donors (Lipinski definition) is 1. The highest BCUT2D eigenvalue weighted by Gasteiger charge is 2.30. The number of benzene rings is 1. The van der Waals surface area contributed by atoms with Crippen LogP contribution in [0.2, 0.25) is 0 Å². The van der Waals surface area contributed by atoms with E-state index in [4.69, 9.17) is 4.74 Å². The number of fused-ring (bicyclic) bond motifs is 1. The molecule has 0 unspecified atom stereocenters. The van der Waals surface area contributed by atoms with Crippen LogP contribution in [0.5, 0.6) is 5.75 Å². The highest BCUT2D eigenvalue weighted by Crippen LogP contribution is 2.31. The van der Waals surface area contributed by atoms with E-state index >= 15 is 0 Å². The standard InChI is InChI=1S/C13H15NO/c1-2-4-12(5-3-1)15-13-6-10-8-14-9-11(10)7-13/h1-6,11,13-14H,7-9H2/t11-,13-/m1/s1. The van der Waals surface area contributed by atoms with E-state index in [9.17, 15) is 0 Å². The van der Waals surface area contributed by atoms with Crippen molar-refractivity contribution in [1.82, 2.24) is 5.32 Å². The van der Waals surface area contributed by atoms with Gasteiger partial charge in [-0.1, -0.05) is 23.8 Å². The third-order valence-electron chi connectivity index (χ3n) is 3.19. The molecule has 2 nitrogen and oxygen atoms in total. The predicted octanol–water partition coefficient (Wildman–Crippen LogP) is 1.98. The van der Waals surface area contributed by atoms with E-state index in [0.29, 0.717) is 0 Å². The molecule has 1 heterocycles. The number of rotatable bonds is 2. The molecule has 0 spiro atoms. The van der Waals surface area contributed by atoms with E-state index in [1.54, 1.807) is 0 Å². The van der Waals surface area contributed by atoms with Gasteiger partial charge in [0, 0.05) is 13.1 Å². The predicted molar refractivity (Wildman–Crippen MR) is 59.9 cm³/mol. The molecule has 1 aliphatic heterocycles. The molecule has 1 aromatic carbocycles. The maximum Gasteiger partial charge on any atom is 0.120 e. The van der Waals surface area contributed by atoms with E-state index in [1.807, 2.05) is 30.3 Å². The fraction of sp³-hybridized carbons (Fsp3) is 0.385. The van der Waals surface area contributed by atoms with E-state index < -0.39 is 0 Å². The fourth-order valence-electron chi connectivity index (χ4n) is 2.44. The molecule has 2 atom stereocenters. The van der Waals surface area contributed by atoms with Crippen molar-refractivity contribution in [3.05, 3.63) is 42.0 Å². The van der Waals surface area contributed by atoms with Crippen LogP contribution in [0.4, 0.5) is 0 Å². The van der Waals surface area contributed by atoms with Crippen LogP contribution in [-0.2, 0) is 0 Å². The summed E-state index contributed by atoms with van der Waals surface area (Å²) in [7, 11) is 0. The number of para-hydroxylation sites is 1. The second-order valence-corrected chi connectivity index (χ2v) is 4.27. The minimum absolute atomic E-state index is 0.287. The molecular weight excluding hydrogens is 186 g/mol. The van der Waals surface area contributed by atoms with Crippen molar-refractivity contribution in [3.8, 4) is 5.75 Å². The van der Waals surface area contributed by atoms with Crippen molar-refractivity contribution in [2.24, 2.45) is 5.92 Å². The lowest BCUT2D eigenvalue weighted by Gasteiger charge is -2.13. The van der Waals surface area contributed by atoms with Crippen molar-refractivity contribution in [3.63, 3.8) is 0 Å². The summed E-state index contributed by atoms with van der Waals surface area (Å²) in [4.78, 5) is 0. The molecular formula is C13H15NO. The largest absolute Gasteiger partial charge is 0.486 e. The van der Waals surface area contributed by atoms with E-state index in [1.165, 1.54) is 5.57 Å². The first-order valence-electron chi connectivity index (χ1n) is 5.55. The zero-order valence-electron chi connectivity index (χ0n) is 8.65. The Morgan fingerprint density at radius 1 is 1.20 bits per heavy atom. The Bertz CT molecular complexity index is 371. The van der Waals surface area contributed by atoms with Crippen molar-refractivity contribution >= 4 is 0 Å².